The van der Waals surface area contributed by atoms with Crippen LogP contribution in [0.15, 0.2) is 17.1 Å². The lowest BCUT2D eigenvalue weighted by Crippen LogP contribution is -2.23. The van der Waals surface area contributed by atoms with E-state index in [2.05, 4.69) is 9.72 Å². The van der Waals surface area contributed by atoms with Crippen LogP contribution in [0.3, 0.4) is 0 Å². The largest absolute Gasteiger partial charge is 0.573 e. The highest BCUT2D eigenvalue weighted by molar-refractivity contribution is 5.23. The second-order valence-electron chi connectivity index (χ2n) is 2.45. The molecule has 0 radical (unpaired) electrons. The van der Waals surface area contributed by atoms with Gasteiger partial charge in [0.15, 0.2) is 5.75 Å². The average Bonchev–Trinajstić information content (AvgIpc) is 2.06. The van der Waals surface area contributed by atoms with Crippen molar-refractivity contribution < 1.29 is 17.9 Å². The Bertz CT molecular complexity index is 372. The molecule has 1 aromatic rings. The Morgan fingerprint density at radius 1 is 1.50 bits per heavy atom. The van der Waals surface area contributed by atoms with Gasteiger partial charge in [0.25, 0.3) is 5.56 Å². The van der Waals surface area contributed by atoms with Gasteiger partial charge in [0.05, 0.1) is 0 Å². The van der Waals surface area contributed by atoms with Crippen molar-refractivity contribution in [3.63, 3.8) is 0 Å². The highest BCUT2D eigenvalue weighted by atomic mass is 19.4. The molecule has 3 N–H and O–H groups in total. The topological polar surface area (TPSA) is 68.1 Å². The molecule has 0 spiro atoms. The summed E-state index contributed by atoms with van der Waals surface area (Å²) >= 11 is 0. The van der Waals surface area contributed by atoms with Gasteiger partial charge in [0, 0.05) is 12.7 Å². The van der Waals surface area contributed by atoms with E-state index in [1.807, 2.05) is 0 Å². The minimum atomic E-state index is -4.87. The van der Waals surface area contributed by atoms with Crippen molar-refractivity contribution in [2.45, 2.75) is 12.9 Å². The number of hydrogen-bond donors (Lipinski definition) is 2. The Hall–Kier alpha value is -1.50. The van der Waals surface area contributed by atoms with Crippen LogP contribution < -0.4 is 16.0 Å². The molecule has 1 aromatic heterocycles. The molecule has 0 aliphatic heterocycles. The first-order chi connectivity index (χ1) is 6.42. The number of nitrogens with one attached hydrogen (secondary N) is 1. The van der Waals surface area contributed by atoms with Crippen LogP contribution in [0, 0.1) is 0 Å². The summed E-state index contributed by atoms with van der Waals surface area (Å²) in [4.78, 5) is 12.9. The van der Waals surface area contributed by atoms with Gasteiger partial charge in [0.1, 0.15) is 0 Å². The van der Waals surface area contributed by atoms with Crippen LogP contribution in [0.25, 0.3) is 0 Å². The Morgan fingerprint density at radius 3 is 2.64 bits per heavy atom. The molecule has 0 saturated carbocycles. The second-order valence-corrected chi connectivity index (χ2v) is 2.45. The normalized spacial score (nSPS) is 11.4. The number of hydrogen-bond acceptors (Lipinski definition) is 3. The molecule has 1 rings (SSSR count). The van der Waals surface area contributed by atoms with Crippen LogP contribution >= 0.6 is 0 Å². The van der Waals surface area contributed by atoms with E-state index < -0.39 is 17.7 Å². The summed E-state index contributed by atoms with van der Waals surface area (Å²) in [7, 11) is 0. The zero-order valence-corrected chi connectivity index (χ0v) is 6.89. The Morgan fingerprint density at radius 2 is 2.14 bits per heavy atom. The Balaban J connectivity index is 3.01. The first-order valence-electron chi connectivity index (χ1n) is 3.60. The first kappa shape index (κ1) is 10.6. The van der Waals surface area contributed by atoms with Crippen molar-refractivity contribution in [1.82, 2.24) is 4.98 Å². The SMILES string of the molecule is NCc1c[nH]c(=O)c(OC(F)(F)F)c1. The maximum atomic E-state index is 11.8. The van der Waals surface area contributed by atoms with E-state index in [9.17, 15) is 18.0 Å². The quantitative estimate of drug-likeness (QED) is 0.752. The van der Waals surface area contributed by atoms with Crippen molar-refractivity contribution in [1.29, 1.82) is 0 Å². The van der Waals surface area contributed by atoms with Crippen molar-refractivity contribution in [3.8, 4) is 5.75 Å². The molecule has 0 aliphatic rings. The monoisotopic (exact) mass is 208 g/mol. The van der Waals surface area contributed by atoms with Gasteiger partial charge >= 0.3 is 6.36 Å². The zero-order chi connectivity index (χ0) is 10.8. The van der Waals surface area contributed by atoms with Crippen LogP contribution in [0.5, 0.6) is 5.75 Å². The van der Waals surface area contributed by atoms with Crippen LogP contribution in [-0.2, 0) is 6.54 Å². The van der Waals surface area contributed by atoms with Gasteiger partial charge in [-0.1, -0.05) is 0 Å². The maximum Gasteiger partial charge on any atom is 0.573 e. The standard InChI is InChI=1S/C7H7F3N2O2/c8-7(9,10)14-5-1-4(2-11)3-12-6(5)13/h1,3H,2,11H2,(H,12,13). The van der Waals surface area contributed by atoms with Gasteiger partial charge in [-0.15, -0.1) is 13.2 Å². The summed E-state index contributed by atoms with van der Waals surface area (Å²) in [5.41, 5.74) is 4.58. The van der Waals surface area contributed by atoms with E-state index in [-0.39, 0.29) is 6.54 Å². The minimum absolute atomic E-state index is 0.0188. The van der Waals surface area contributed by atoms with Crippen LogP contribution in [0.1, 0.15) is 5.56 Å². The lowest BCUT2D eigenvalue weighted by molar-refractivity contribution is -0.275. The third-order valence-electron chi connectivity index (χ3n) is 1.39. The molecule has 0 aliphatic carbocycles. The predicted octanol–water partition coefficient (Wildman–Crippen LogP) is 0.732. The number of aromatic amines is 1. The number of alkyl halides is 3. The van der Waals surface area contributed by atoms with Gasteiger partial charge < -0.3 is 15.5 Å². The number of rotatable bonds is 2. The smallest absolute Gasteiger partial charge is 0.400 e. The molecule has 0 saturated heterocycles. The second kappa shape index (κ2) is 3.70. The predicted molar refractivity (Wildman–Crippen MR) is 41.6 cm³/mol. The number of pyridine rings is 1. The maximum absolute atomic E-state index is 11.8. The molecule has 78 valence electrons. The van der Waals surface area contributed by atoms with E-state index in [0.29, 0.717) is 5.56 Å². The number of H-pyrrole nitrogens is 1. The lowest BCUT2D eigenvalue weighted by atomic mass is 10.3. The summed E-state index contributed by atoms with van der Waals surface area (Å²) in [6.07, 6.45) is -3.65. The fraction of sp³-hybridized carbons (Fsp3) is 0.286. The fourth-order valence-electron chi connectivity index (χ4n) is 0.823. The number of halogens is 3. The molecule has 0 unspecified atom stereocenters. The summed E-state index contributed by atoms with van der Waals surface area (Å²) in [5, 5.41) is 0. The summed E-state index contributed by atoms with van der Waals surface area (Å²) in [6, 6.07) is 0.951. The van der Waals surface area contributed by atoms with Crippen molar-refractivity contribution >= 4 is 0 Å². The van der Waals surface area contributed by atoms with E-state index in [1.54, 1.807) is 0 Å². The van der Waals surface area contributed by atoms with E-state index in [4.69, 9.17) is 5.73 Å². The van der Waals surface area contributed by atoms with Crippen LogP contribution in [0.2, 0.25) is 0 Å². The number of ether oxygens (including phenoxy) is 1. The number of nitrogens with two attached hydrogens (primary N) is 1. The highest BCUT2D eigenvalue weighted by Gasteiger charge is 2.32. The molecule has 0 bridgehead atoms. The van der Waals surface area contributed by atoms with Crippen LogP contribution in [0.4, 0.5) is 13.2 Å². The van der Waals surface area contributed by atoms with E-state index in [1.165, 1.54) is 6.20 Å². The molecular formula is C7H7F3N2O2. The summed E-state index contributed by atoms with van der Waals surface area (Å²) in [6.45, 7) is 0.0188. The molecule has 14 heavy (non-hydrogen) atoms. The summed E-state index contributed by atoms with van der Waals surface area (Å²) in [5.74, 6) is -0.805. The van der Waals surface area contributed by atoms with Crippen molar-refractivity contribution in [2.75, 3.05) is 0 Å². The van der Waals surface area contributed by atoms with E-state index >= 15 is 0 Å². The molecule has 0 amide bonds. The molecule has 0 aromatic carbocycles. The van der Waals surface area contributed by atoms with Crippen molar-refractivity contribution in [2.24, 2.45) is 5.73 Å². The number of aromatic nitrogens is 1. The molecule has 4 nitrogen and oxygen atoms in total. The molecule has 1 heterocycles. The van der Waals surface area contributed by atoms with Crippen LogP contribution in [-0.4, -0.2) is 11.3 Å². The van der Waals surface area contributed by atoms with Gasteiger partial charge in [0.2, 0.25) is 0 Å². The van der Waals surface area contributed by atoms with Gasteiger partial charge in [-0.2, -0.15) is 0 Å². The van der Waals surface area contributed by atoms with Crippen molar-refractivity contribution in [3.05, 3.63) is 28.2 Å². The highest BCUT2D eigenvalue weighted by Crippen LogP contribution is 2.19. The summed E-state index contributed by atoms with van der Waals surface area (Å²) < 4.78 is 38.7. The average molecular weight is 208 g/mol. The lowest BCUT2D eigenvalue weighted by Gasteiger charge is -2.08. The van der Waals surface area contributed by atoms with Gasteiger partial charge in [-0.05, 0) is 11.6 Å². The third-order valence-corrected chi connectivity index (χ3v) is 1.39. The molecule has 7 heteroatoms. The first-order valence-corrected chi connectivity index (χ1v) is 3.60. The molecule has 0 atom stereocenters. The molecule has 0 fully saturated rings. The zero-order valence-electron chi connectivity index (χ0n) is 6.89. The Labute approximate surface area is 76.5 Å². The Kier molecular flexibility index (Phi) is 2.80. The fourth-order valence-corrected chi connectivity index (χ4v) is 0.823. The van der Waals surface area contributed by atoms with E-state index in [0.717, 1.165) is 6.07 Å². The minimum Gasteiger partial charge on any atom is -0.400 e. The third kappa shape index (κ3) is 2.77. The van der Waals surface area contributed by atoms with Gasteiger partial charge in [-0.25, -0.2) is 0 Å². The van der Waals surface area contributed by atoms with Gasteiger partial charge in [-0.3, -0.25) is 4.79 Å². The molecular weight excluding hydrogens is 201 g/mol.